The molecular weight excluding hydrogens is 450 g/mol. The molecule has 0 saturated carbocycles. The van der Waals surface area contributed by atoms with Gasteiger partial charge in [0.2, 0.25) is 5.88 Å². The van der Waals surface area contributed by atoms with Crippen molar-refractivity contribution in [2.24, 2.45) is 5.41 Å². The SMILES string of the molecule is CC(C)(C)CC(C)(C)Nc1oc2ccc([N+](=O)[O-])cc2c1N(Cc1ccccc1)Cc1ccccc1. The maximum atomic E-state index is 11.6. The van der Waals surface area contributed by atoms with Crippen molar-refractivity contribution in [1.82, 2.24) is 0 Å². The molecule has 0 fully saturated rings. The molecule has 1 aromatic heterocycles. The number of benzene rings is 3. The lowest BCUT2D eigenvalue weighted by molar-refractivity contribution is -0.384. The van der Waals surface area contributed by atoms with Crippen molar-refractivity contribution in [2.45, 2.75) is 59.7 Å². The third-order valence-electron chi connectivity index (χ3n) is 6.03. The molecule has 0 atom stereocenters. The summed E-state index contributed by atoms with van der Waals surface area (Å²) in [7, 11) is 0. The van der Waals surface area contributed by atoms with Gasteiger partial charge in [-0.2, -0.15) is 0 Å². The summed E-state index contributed by atoms with van der Waals surface area (Å²) in [5.41, 5.74) is 3.64. The summed E-state index contributed by atoms with van der Waals surface area (Å²) >= 11 is 0. The van der Waals surface area contributed by atoms with Gasteiger partial charge in [0.1, 0.15) is 11.3 Å². The van der Waals surface area contributed by atoms with Crippen LogP contribution in [-0.4, -0.2) is 10.5 Å². The van der Waals surface area contributed by atoms with E-state index in [-0.39, 0.29) is 21.6 Å². The molecule has 188 valence electrons. The minimum absolute atomic E-state index is 0.0458. The zero-order valence-electron chi connectivity index (χ0n) is 21.7. The Balaban J connectivity index is 1.87. The molecule has 36 heavy (non-hydrogen) atoms. The quantitative estimate of drug-likeness (QED) is 0.191. The van der Waals surface area contributed by atoms with Gasteiger partial charge in [-0.1, -0.05) is 81.4 Å². The van der Waals surface area contributed by atoms with E-state index in [0.717, 1.165) is 28.6 Å². The highest BCUT2D eigenvalue weighted by atomic mass is 16.6. The summed E-state index contributed by atoms with van der Waals surface area (Å²) in [5.74, 6) is 0.631. The summed E-state index contributed by atoms with van der Waals surface area (Å²) in [6, 6.07) is 25.3. The standard InChI is InChI=1S/C30H35N3O3/c1-29(2,3)21-30(4,5)31-28-27(25-18-24(33(34)35)16-17-26(25)36-28)32(19-22-12-8-6-9-13-22)20-23-14-10-7-11-15-23/h6-18,31H,19-21H2,1-5H3. The van der Waals surface area contributed by atoms with E-state index in [4.69, 9.17) is 4.42 Å². The molecule has 6 nitrogen and oxygen atoms in total. The topological polar surface area (TPSA) is 71.5 Å². The average Bonchev–Trinajstić information content (AvgIpc) is 3.14. The largest absolute Gasteiger partial charge is 0.438 e. The molecule has 0 aliphatic rings. The molecule has 0 spiro atoms. The number of rotatable bonds is 9. The second-order valence-corrected chi connectivity index (χ2v) is 11.3. The monoisotopic (exact) mass is 485 g/mol. The molecule has 0 aliphatic carbocycles. The summed E-state index contributed by atoms with van der Waals surface area (Å²) in [5, 5.41) is 16.0. The number of nitrogens with zero attached hydrogens (tertiary/aromatic N) is 2. The Labute approximate surface area is 213 Å². The molecule has 1 heterocycles. The van der Waals surface area contributed by atoms with Gasteiger partial charge in [0.15, 0.2) is 0 Å². The summed E-state index contributed by atoms with van der Waals surface area (Å²) < 4.78 is 6.37. The maximum absolute atomic E-state index is 11.6. The number of nitro benzene ring substituents is 1. The fourth-order valence-corrected chi connectivity index (χ4v) is 5.08. The fraction of sp³-hybridized carbons (Fsp3) is 0.333. The summed E-state index contributed by atoms with van der Waals surface area (Å²) in [6.07, 6.45) is 0.911. The molecule has 4 aromatic rings. The van der Waals surface area contributed by atoms with Gasteiger partial charge >= 0.3 is 0 Å². The molecular formula is C30H35N3O3. The van der Waals surface area contributed by atoms with Crippen molar-refractivity contribution in [3.05, 3.63) is 100 Å². The van der Waals surface area contributed by atoms with E-state index >= 15 is 0 Å². The van der Waals surface area contributed by atoms with Crippen LogP contribution in [0.15, 0.2) is 83.3 Å². The number of fused-ring (bicyclic) bond motifs is 1. The van der Waals surface area contributed by atoms with Gasteiger partial charge in [-0.3, -0.25) is 10.1 Å². The third-order valence-corrected chi connectivity index (χ3v) is 6.03. The van der Waals surface area contributed by atoms with Crippen LogP contribution in [0.2, 0.25) is 0 Å². The molecule has 0 aliphatic heterocycles. The van der Waals surface area contributed by atoms with E-state index in [1.807, 2.05) is 36.4 Å². The first-order valence-corrected chi connectivity index (χ1v) is 12.3. The van der Waals surface area contributed by atoms with Crippen LogP contribution in [0.4, 0.5) is 17.3 Å². The third kappa shape index (κ3) is 6.25. The van der Waals surface area contributed by atoms with E-state index in [0.29, 0.717) is 24.6 Å². The Bertz CT molecular complexity index is 1280. The second kappa shape index (κ2) is 10.1. The molecule has 0 unspecified atom stereocenters. The van der Waals surface area contributed by atoms with Crippen molar-refractivity contribution in [3.63, 3.8) is 0 Å². The predicted molar refractivity (Wildman–Crippen MR) is 147 cm³/mol. The number of anilines is 2. The molecule has 1 N–H and O–H groups in total. The van der Waals surface area contributed by atoms with Gasteiger partial charge in [-0.05, 0) is 42.9 Å². The Morgan fingerprint density at radius 3 is 1.92 bits per heavy atom. The first kappa shape index (κ1) is 25.3. The maximum Gasteiger partial charge on any atom is 0.270 e. The number of nitro groups is 1. The van der Waals surface area contributed by atoms with Crippen LogP contribution in [-0.2, 0) is 13.1 Å². The number of hydrogen-bond donors (Lipinski definition) is 1. The van der Waals surface area contributed by atoms with E-state index in [9.17, 15) is 10.1 Å². The predicted octanol–water partition coefficient (Wildman–Crippen LogP) is 8.17. The van der Waals surface area contributed by atoms with Crippen LogP contribution in [0.3, 0.4) is 0 Å². The van der Waals surface area contributed by atoms with Gasteiger partial charge in [-0.25, -0.2) is 0 Å². The first-order chi connectivity index (χ1) is 17.0. The highest BCUT2D eigenvalue weighted by molar-refractivity contribution is 5.99. The second-order valence-electron chi connectivity index (χ2n) is 11.3. The Morgan fingerprint density at radius 2 is 1.42 bits per heavy atom. The van der Waals surface area contributed by atoms with Crippen LogP contribution in [0, 0.1) is 15.5 Å². The molecule has 0 saturated heterocycles. The number of furan rings is 1. The van der Waals surface area contributed by atoms with Crippen LogP contribution in [0.1, 0.15) is 52.2 Å². The average molecular weight is 486 g/mol. The van der Waals surface area contributed by atoms with Gasteiger partial charge in [-0.15, -0.1) is 0 Å². The van der Waals surface area contributed by atoms with Crippen LogP contribution >= 0.6 is 0 Å². The molecule has 0 amide bonds. The van der Waals surface area contributed by atoms with Crippen LogP contribution in [0.25, 0.3) is 11.0 Å². The lowest BCUT2D eigenvalue weighted by Gasteiger charge is -2.34. The summed E-state index contributed by atoms with van der Waals surface area (Å²) in [4.78, 5) is 13.5. The fourth-order valence-electron chi connectivity index (χ4n) is 5.08. The van der Waals surface area contributed by atoms with Gasteiger partial charge in [0.05, 0.1) is 10.3 Å². The minimum atomic E-state index is -0.356. The molecule has 0 bridgehead atoms. The Kier molecular flexibility index (Phi) is 7.07. The van der Waals surface area contributed by atoms with Crippen molar-refractivity contribution >= 4 is 28.2 Å². The van der Waals surface area contributed by atoms with E-state index in [1.54, 1.807) is 12.1 Å². The summed E-state index contributed by atoms with van der Waals surface area (Å²) in [6.45, 7) is 12.2. The zero-order chi connectivity index (χ0) is 25.9. The van der Waals surface area contributed by atoms with Crippen LogP contribution < -0.4 is 10.2 Å². The van der Waals surface area contributed by atoms with Crippen molar-refractivity contribution in [3.8, 4) is 0 Å². The van der Waals surface area contributed by atoms with Crippen molar-refractivity contribution in [1.29, 1.82) is 0 Å². The minimum Gasteiger partial charge on any atom is -0.438 e. The Morgan fingerprint density at radius 1 is 0.861 bits per heavy atom. The van der Waals surface area contributed by atoms with E-state index < -0.39 is 0 Å². The number of non-ortho nitro benzene ring substituents is 1. The Hall–Kier alpha value is -3.80. The number of hydrogen-bond acceptors (Lipinski definition) is 5. The zero-order valence-corrected chi connectivity index (χ0v) is 21.7. The highest BCUT2D eigenvalue weighted by Gasteiger charge is 2.30. The molecule has 6 heteroatoms. The lowest BCUT2D eigenvalue weighted by atomic mass is 9.82. The first-order valence-electron chi connectivity index (χ1n) is 12.3. The van der Waals surface area contributed by atoms with Gasteiger partial charge in [0.25, 0.3) is 5.69 Å². The van der Waals surface area contributed by atoms with Crippen LogP contribution in [0.5, 0.6) is 0 Å². The number of nitrogens with one attached hydrogen (secondary N) is 1. The normalized spacial score (nSPS) is 12.0. The lowest BCUT2D eigenvalue weighted by Crippen LogP contribution is -2.36. The van der Waals surface area contributed by atoms with Gasteiger partial charge < -0.3 is 14.6 Å². The van der Waals surface area contributed by atoms with Crippen molar-refractivity contribution in [2.75, 3.05) is 10.2 Å². The highest BCUT2D eigenvalue weighted by Crippen LogP contribution is 2.43. The molecule has 3 aromatic carbocycles. The van der Waals surface area contributed by atoms with E-state index in [2.05, 4.69) is 69.1 Å². The molecule has 4 rings (SSSR count). The molecule has 0 radical (unpaired) electrons. The van der Waals surface area contributed by atoms with E-state index in [1.165, 1.54) is 6.07 Å². The smallest absolute Gasteiger partial charge is 0.270 e. The van der Waals surface area contributed by atoms with Gasteiger partial charge in [0, 0.05) is 30.8 Å². The van der Waals surface area contributed by atoms with Crippen molar-refractivity contribution < 1.29 is 9.34 Å².